The molecule has 0 unspecified atom stereocenters. The third kappa shape index (κ3) is 244. The minimum Gasteiger partial charge on any atom is -0.394 e. The second kappa shape index (κ2) is 230. The Morgan fingerprint density at radius 1 is 0.462 bits per heavy atom. The fraction of sp³-hybridized carbons (Fsp3) is 0.621. The predicted octanol–water partition coefficient (Wildman–Crippen LogP) is 8.93. The summed E-state index contributed by atoms with van der Waals surface area (Å²) in [6.07, 6.45) is 5.85. The van der Waals surface area contributed by atoms with Gasteiger partial charge in [-0.1, -0.05) is 178 Å². The lowest BCUT2D eigenvalue weighted by atomic mass is 10.0. The largest absolute Gasteiger partial charge is 0.394 e. The van der Waals surface area contributed by atoms with Crippen molar-refractivity contribution in [1.29, 1.82) is 0 Å². The van der Waals surface area contributed by atoms with Crippen LogP contribution in [-0.4, -0.2) is 181 Å². The number of aliphatic hydroxyl groups is 1. The van der Waals surface area contributed by atoms with Crippen molar-refractivity contribution in [1.82, 2.24) is 39.7 Å². The summed E-state index contributed by atoms with van der Waals surface area (Å²) in [5.74, 6) is 2.01. The Morgan fingerprint density at radius 3 is 0.839 bits per heavy atom. The molecule has 0 aromatic heterocycles. The molecule has 1 aliphatic heterocycles. The number of hydrogen-bond acceptors (Lipinski definition) is 24. The Balaban J connectivity index is -0.0000000238. The molecule has 1 saturated heterocycles. The van der Waals surface area contributed by atoms with Crippen LogP contribution in [0.25, 0.3) is 0 Å². The van der Waals surface area contributed by atoms with E-state index in [4.69, 9.17) is 53.1 Å². The number of benzene rings is 2. The molecule has 3 rings (SSSR count). The van der Waals surface area contributed by atoms with Gasteiger partial charge >= 0.3 is 0 Å². The van der Waals surface area contributed by atoms with E-state index in [1.807, 2.05) is 151 Å². The van der Waals surface area contributed by atoms with Gasteiger partial charge in [-0.2, -0.15) is 0 Å². The fourth-order valence-corrected chi connectivity index (χ4v) is 3.94. The van der Waals surface area contributed by atoms with Crippen molar-refractivity contribution in [3.05, 3.63) is 71.8 Å². The van der Waals surface area contributed by atoms with Gasteiger partial charge in [0.1, 0.15) is 80.0 Å². The monoisotopic (exact) mass is 1360 g/mol. The van der Waals surface area contributed by atoms with E-state index >= 15 is 0 Å². The minimum absolute atomic E-state index is 0. The summed E-state index contributed by atoms with van der Waals surface area (Å²) in [5.41, 5.74) is 29.4. The zero-order valence-electron chi connectivity index (χ0n) is 64.9. The molecule has 0 saturated carbocycles. The summed E-state index contributed by atoms with van der Waals surface area (Å²) < 4.78 is 0. The van der Waals surface area contributed by atoms with Crippen molar-refractivity contribution in [3.8, 4) is 0 Å². The van der Waals surface area contributed by atoms with Gasteiger partial charge in [-0.05, 0) is 118 Å². The average Bonchev–Trinajstić information content (AvgIpc) is 3.63. The number of rotatable bonds is 8. The molecule has 26 N–H and O–H groups in total. The minimum atomic E-state index is -0.647. The predicted molar refractivity (Wildman–Crippen MR) is 406 cm³/mol. The molecule has 93 heavy (non-hydrogen) atoms. The molecular formula is C66H159N13O14. The molecule has 2 aromatic rings. The lowest BCUT2D eigenvalue weighted by Crippen LogP contribution is -2.54. The summed E-state index contributed by atoms with van der Waals surface area (Å²) in [4.78, 5) is 120. The number of nitrogens with zero attached hydrogens (tertiary/aromatic N) is 2. The maximum Gasteiger partial charge on any atom is 0.244 e. The maximum absolute atomic E-state index is 12.8. The molecule has 0 aliphatic carbocycles. The van der Waals surface area contributed by atoms with E-state index in [1.165, 1.54) is 66.1 Å². The molecule has 27 heteroatoms. The van der Waals surface area contributed by atoms with Crippen LogP contribution in [0.3, 0.4) is 0 Å². The third-order valence-electron chi connectivity index (χ3n) is 7.00. The number of likely N-dealkylation sites (tertiary alicyclic amines) is 1. The van der Waals surface area contributed by atoms with Gasteiger partial charge in [-0.25, -0.2) is 0 Å². The van der Waals surface area contributed by atoms with E-state index in [1.54, 1.807) is 27.8 Å². The van der Waals surface area contributed by atoms with Gasteiger partial charge in [0.25, 0.3) is 0 Å². The molecule has 0 radical (unpaired) electrons. The summed E-state index contributed by atoms with van der Waals surface area (Å²) in [6.45, 7) is 61.9. The SMILES string of the molecule is C=O.C=O.C=O.C=O.C=O.C=O.C=O.C=O.C=O.C=O.CC.CC.CC.CC(=O)N(C)[C@@H](Cc1ccccc1)C(=O)N[C@@H](C)C(=O)N1CCCCC1.CC(C)C.CC(C)C.CC(C)O.CCC(C)C.CCc1ccccc1.CN.CN.CN.CN.CN.CN.N.N.N.N. The number of aliphatic hydroxyl groups excluding tert-OH is 1. The number of aryl methyl sites for hydroxylation is 1. The first-order chi connectivity index (χ1) is 42.8. The lowest BCUT2D eigenvalue weighted by Gasteiger charge is -2.31. The van der Waals surface area contributed by atoms with Crippen molar-refractivity contribution in [3.63, 3.8) is 0 Å². The summed E-state index contributed by atoms with van der Waals surface area (Å²) in [7, 11) is 10.6. The number of piperidine rings is 1. The Bertz CT molecular complexity index is 1270. The summed E-state index contributed by atoms with van der Waals surface area (Å²) in [6, 6.07) is 18.8. The number of carbonyl (C=O) groups excluding carboxylic acids is 13. The molecule has 2 aromatic carbocycles. The number of nitrogens with two attached hydrogens (primary N) is 6. The van der Waals surface area contributed by atoms with Crippen LogP contribution in [0, 0.1) is 17.8 Å². The van der Waals surface area contributed by atoms with Crippen LogP contribution in [0.4, 0.5) is 0 Å². The number of likely N-dealkylation sites (N-methyl/N-ethyl adjacent to an activating group) is 1. The van der Waals surface area contributed by atoms with E-state index in [0.717, 1.165) is 62.1 Å². The maximum atomic E-state index is 12.8. The second-order valence-corrected chi connectivity index (χ2v) is 15.2. The zero-order valence-corrected chi connectivity index (χ0v) is 64.9. The summed E-state index contributed by atoms with van der Waals surface area (Å²) >= 11 is 0. The van der Waals surface area contributed by atoms with Crippen LogP contribution in [0.5, 0.6) is 0 Å². The first kappa shape index (κ1) is 173. The summed E-state index contributed by atoms with van der Waals surface area (Å²) in [5, 5.41) is 10.9. The lowest BCUT2D eigenvalue weighted by molar-refractivity contribution is -0.140. The van der Waals surface area contributed by atoms with E-state index in [-0.39, 0.29) is 48.4 Å². The van der Waals surface area contributed by atoms with Gasteiger partial charge in [-0.15, -0.1) is 0 Å². The molecule has 0 bridgehead atoms. The molecule has 27 nitrogen and oxygen atoms in total. The van der Waals surface area contributed by atoms with Gasteiger partial charge in [0.05, 0.1) is 0 Å². The highest BCUT2D eigenvalue weighted by molar-refractivity contribution is 5.91. The number of carbonyl (C=O) groups is 13. The Hall–Kier alpha value is -6.89. The number of amides is 3. The zero-order chi connectivity index (χ0) is 77.9. The molecule has 2 atom stereocenters. The van der Waals surface area contributed by atoms with Crippen LogP contribution in [0.15, 0.2) is 60.7 Å². The van der Waals surface area contributed by atoms with Gasteiger partial charge in [0.15, 0.2) is 0 Å². The van der Waals surface area contributed by atoms with Gasteiger partial charge in [-0.3, -0.25) is 14.4 Å². The highest BCUT2D eigenvalue weighted by Gasteiger charge is 2.29. The Kier molecular flexibility index (Phi) is 428. The first-order valence-corrected chi connectivity index (χ1v) is 28.7. The molecule has 1 heterocycles. The molecule has 0 spiro atoms. The molecular weight excluding hydrogens is 1200 g/mol. The van der Waals surface area contributed by atoms with E-state index < -0.39 is 12.1 Å². The number of hydrogen-bond donors (Lipinski definition) is 12. The van der Waals surface area contributed by atoms with Crippen LogP contribution in [0.1, 0.15) is 175 Å². The standard InChI is InChI=1S/C20H29N3O3.C8H10.C5H12.2C4H10.C3H8O.3C2H6.6CH5N.10CH2O.4H3N/c1-15(20(26)23-12-8-5-9-13-23)21-19(25)18(22(3)16(2)24)14-17-10-6-4-7-11-17;1-2-8-6-4-3-5-7-8;1-4-5(2)3;2*1-4(2)3;1-3(2)4;19*1-2;;;;/h4,6-7,10-11,15,18H,5,8-9,12-14H2,1-3H3,(H,21,25);3-7H,2H2,1H3;5H,4H2,1-3H3;2*4H,1-3H3;3-4H,1-2H3;3*1-2H3;6*2H2,1H3;10*1H2;4*1H3/t15-,18-;;;;;;;;;;;;;;;;;;;;;;;;;;;;/m0............................/s1. The third-order valence-corrected chi connectivity index (χ3v) is 7.00. The van der Waals surface area contributed by atoms with Crippen LogP contribution >= 0.6 is 0 Å². The molecule has 1 fully saturated rings. The van der Waals surface area contributed by atoms with Gasteiger partial charge in [0, 0.05) is 39.6 Å². The number of nitrogens with one attached hydrogen (secondary N) is 1. The van der Waals surface area contributed by atoms with E-state index in [2.05, 4.69) is 133 Å². The smallest absolute Gasteiger partial charge is 0.244 e. The van der Waals surface area contributed by atoms with Crippen molar-refractivity contribution < 1.29 is 67.4 Å². The second-order valence-electron chi connectivity index (χ2n) is 15.2. The van der Waals surface area contributed by atoms with Gasteiger partial charge < -0.3 is 127 Å². The highest BCUT2D eigenvalue weighted by atomic mass is 16.3. The quantitative estimate of drug-likeness (QED) is 0.117. The normalized spacial score (nSPS) is 8.09. The first-order valence-electron chi connectivity index (χ1n) is 28.7. The van der Waals surface area contributed by atoms with Crippen molar-refractivity contribution in [2.24, 2.45) is 52.2 Å². The van der Waals surface area contributed by atoms with Crippen LogP contribution < -0.4 is 64.3 Å². The average molecular weight is 1360 g/mol. The van der Waals surface area contributed by atoms with E-state index in [0.29, 0.717) is 6.42 Å². The van der Waals surface area contributed by atoms with Crippen molar-refractivity contribution in [2.75, 3.05) is 62.4 Å². The van der Waals surface area contributed by atoms with E-state index in [9.17, 15) is 14.4 Å². The Labute approximate surface area is 572 Å². The molecule has 3 amide bonds. The van der Waals surface area contributed by atoms with Gasteiger partial charge in [0.2, 0.25) is 17.7 Å². The van der Waals surface area contributed by atoms with Crippen molar-refractivity contribution >= 4 is 85.6 Å². The molecule has 1 aliphatic rings. The van der Waals surface area contributed by atoms with Crippen molar-refractivity contribution in [2.45, 2.75) is 195 Å². The fourth-order valence-electron chi connectivity index (χ4n) is 3.94. The topological polar surface area (TPSA) is 557 Å². The highest BCUT2D eigenvalue weighted by Crippen LogP contribution is 2.12. The molecule has 572 valence electrons. The van der Waals surface area contributed by atoms with Crippen LogP contribution in [-0.2, 0) is 75.2 Å². The van der Waals surface area contributed by atoms with Crippen LogP contribution in [0.2, 0.25) is 0 Å². The Morgan fingerprint density at radius 2 is 0.667 bits per heavy atom.